The van der Waals surface area contributed by atoms with Crippen LogP contribution in [0.25, 0.3) is 0 Å². The van der Waals surface area contributed by atoms with Gasteiger partial charge in [0.2, 0.25) is 5.13 Å². The van der Waals surface area contributed by atoms with Gasteiger partial charge in [0.25, 0.3) is 5.91 Å². The SMILES string of the molecule is CCOCc1nnc(NC(=O)C(C)Oc2ccccc2)s1. The molecule has 1 N–H and O–H groups in total. The number of amides is 1. The minimum Gasteiger partial charge on any atom is -0.481 e. The predicted octanol–water partition coefficient (Wildman–Crippen LogP) is 2.48. The van der Waals surface area contributed by atoms with Gasteiger partial charge in [-0.05, 0) is 26.0 Å². The third-order valence-corrected chi connectivity index (χ3v) is 3.36. The molecule has 6 nitrogen and oxygen atoms in total. The molecular weight excluding hydrogens is 290 g/mol. The number of aromatic nitrogens is 2. The van der Waals surface area contributed by atoms with Gasteiger partial charge >= 0.3 is 0 Å². The second kappa shape index (κ2) is 7.70. The van der Waals surface area contributed by atoms with Crippen molar-refractivity contribution in [1.29, 1.82) is 0 Å². The molecule has 0 aliphatic heterocycles. The molecule has 112 valence electrons. The molecule has 2 aromatic rings. The second-order valence-corrected chi connectivity index (χ2v) is 5.26. The zero-order chi connectivity index (χ0) is 15.1. The summed E-state index contributed by atoms with van der Waals surface area (Å²) in [6.45, 7) is 4.61. The van der Waals surface area contributed by atoms with Crippen LogP contribution in [0, 0.1) is 0 Å². The van der Waals surface area contributed by atoms with Crippen LogP contribution in [-0.2, 0) is 16.1 Å². The third kappa shape index (κ3) is 4.80. The van der Waals surface area contributed by atoms with Gasteiger partial charge in [-0.1, -0.05) is 29.5 Å². The molecule has 2 rings (SSSR count). The minimum absolute atomic E-state index is 0.266. The molecule has 0 radical (unpaired) electrons. The van der Waals surface area contributed by atoms with Crippen LogP contribution in [0.4, 0.5) is 5.13 Å². The van der Waals surface area contributed by atoms with Crippen LogP contribution in [0.2, 0.25) is 0 Å². The second-order valence-electron chi connectivity index (χ2n) is 4.20. The van der Waals surface area contributed by atoms with Gasteiger partial charge in [0.1, 0.15) is 17.4 Å². The molecular formula is C14H17N3O3S. The van der Waals surface area contributed by atoms with Crippen molar-refractivity contribution < 1.29 is 14.3 Å². The number of nitrogens with zero attached hydrogens (tertiary/aromatic N) is 2. The van der Waals surface area contributed by atoms with E-state index in [1.165, 1.54) is 11.3 Å². The van der Waals surface area contributed by atoms with E-state index >= 15 is 0 Å². The molecule has 0 aliphatic rings. The first-order valence-electron chi connectivity index (χ1n) is 6.61. The summed E-state index contributed by atoms with van der Waals surface area (Å²) in [6, 6.07) is 9.19. The molecule has 0 saturated carbocycles. The highest BCUT2D eigenvalue weighted by Crippen LogP contribution is 2.17. The number of ether oxygens (including phenoxy) is 2. The average Bonchev–Trinajstić information content (AvgIpc) is 2.93. The molecule has 1 unspecified atom stereocenters. The van der Waals surface area contributed by atoms with Crippen LogP contribution in [0.1, 0.15) is 18.9 Å². The molecule has 1 aromatic carbocycles. The quantitative estimate of drug-likeness (QED) is 0.850. The number of carbonyl (C=O) groups excluding carboxylic acids is 1. The Bertz CT molecular complexity index is 574. The van der Waals surface area contributed by atoms with E-state index < -0.39 is 6.10 Å². The molecule has 0 saturated heterocycles. The van der Waals surface area contributed by atoms with Crippen molar-refractivity contribution in [3.05, 3.63) is 35.3 Å². The topological polar surface area (TPSA) is 73.3 Å². The first-order valence-corrected chi connectivity index (χ1v) is 7.43. The van der Waals surface area contributed by atoms with E-state index in [2.05, 4.69) is 15.5 Å². The number of rotatable bonds is 7. The summed E-state index contributed by atoms with van der Waals surface area (Å²) in [4.78, 5) is 12.0. The Balaban J connectivity index is 1.87. The molecule has 1 aromatic heterocycles. The van der Waals surface area contributed by atoms with Crippen LogP contribution in [0.5, 0.6) is 5.75 Å². The fourth-order valence-corrected chi connectivity index (χ4v) is 2.20. The lowest BCUT2D eigenvalue weighted by Gasteiger charge is -2.13. The van der Waals surface area contributed by atoms with Gasteiger partial charge in [-0.2, -0.15) is 0 Å². The molecule has 0 spiro atoms. The summed E-state index contributed by atoms with van der Waals surface area (Å²) in [5.74, 6) is 0.382. The molecule has 0 aliphatic carbocycles. The summed E-state index contributed by atoms with van der Waals surface area (Å²) in [6.07, 6.45) is -0.619. The van der Waals surface area contributed by atoms with Gasteiger partial charge < -0.3 is 9.47 Å². The normalized spacial score (nSPS) is 11.9. The molecule has 1 atom stereocenters. The van der Waals surface area contributed by atoms with Crippen LogP contribution in [0.3, 0.4) is 0 Å². The standard InChI is InChI=1S/C14H17N3O3S/c1-3-19-9-12-16-17-14(21-12)15-13(18)10(2)20-11-7-5-4-6-8-11/h4-8,10H,3,9H2,1-2H3,(H,15,17,18). The number of benzene rings is 1. The van der Waals surface area contributed by atoms with Crippen molar-refractivity contribution in [2.45, 2.75) is 26.6 Å². The van der Waals surface area contributed by atoms with Gasteiger partial charge in [-0.15, -0.1) is 10.2 Å². The Morgan fingerprint density at radius 2 is 2.10 bits per heavy atom. The van der Waals surface area contributed by atoms with Crippen LogP contribution < -0.4 is 10.1 Å². The monoisotopic (exact) mass is 307 g/mol. The van der Waals surface area contributed by atoms with Gasteiger partial charge in [0, 0.05) is 6.61 Å². The maximum atomic E-state index is 12.0. The molecule has 7 heteroatoms. The minimum atomic E-state index is -0.619. The summed E-state index contributed by atoms with van der Waals surface area (Å²) in [5, 5.41) is 11.7. The molecule has 1 amide bonds. The van der Waals surface area contributed by atoms with Gasteiger partial charge in [-0.3, -0.25) is 10.1 Å². The van der Waals surface area contributed by atoms with Crippen molar-refractivity contribution in [1.82, 2.24) is 10.2 Å². The number of nitrogens with one attached hydrogen (secondary N) is 1. The van der Waals surface area contributed by atoms with Crippen LogP contribution in [0.15, 0.2) is 30.3 Å². The lowest BCUT2D eigenvalue weighted by molar-refractivity contribution is -0.122. The lowest BCUT2D eigenvalue weighted by atomic mass is 10.3. The maximum absolute atomic E-state index is 12.0. The van der Waals surface area contributed by atoms with E-state index in [0.29, 0.717) is 24.1 Å². The Kier molecular flexibility index (Phi) is 5.65. The first-order chi connectivity index (χ1) is 10.2. The molecule has 0 fully saturated rings. The Hall–Kier alpha value is -1.99. The number of anilines is 1. The number of carbonyl (C=O) groups is 1. The summed E-state index contributed by atoms with van der Waals surface area (Å²) >= 11 is 1.29. The highest BCUT2D eigenvalue weighted by atomic mass is 32.1. The first kappa shape index (κ1) is 15.4. The molecule has 0 bridgehead atoms. The lowest BCUT2D eigenvalue weighted by Crippen LogP contribution is -2.30. The van der Waals surface area contributed by atoms with Crippen LogP contribution >= 0.6 is 11.3 Å². The highest BCUT2D eigenvalue weighted by molar-refractivity contribution is 7.15. The van der Waals surface area contributed by atoms with E-state index in [4.69, 9.17) is 9.47 Å². The summed E-state index contributed by atoms with van der Waals surface area (Å²) < 4.78 is 10.8. The van der Waals surface area contributed by atoms with Crippen molar-refractivity contribution in [3.8, 4) is 5.75 Å². The highest BCUT2D eigenvalue weighted by Gasteiger charge is 2.16. The van der Waals surface area contributed by atoms with Gasteiger partial charge in [0.05, 0.1) is 0 Å². The predicted molar refractivity (Wildman–Crippen MR) is 80.4 cm³/mol. The maximum Gasteiger partial charge on any atom is 0.266 e. The van der Waals surface area contributed by atoms with Crippen LogP contribution in [-0.4, -0.2) is 28.8 Å². The number of hydrogen-bond donors (Lipinski definition) is 1. The van der Waals surface area contributed by atoms with E-state index in [9.17, 15) is 4.79 Å². The van der Waals surface area contributed by atoms with Gasteiger partial charge in [0.15, 0.2) is 6.10 Å². The fourth-order valence-electron chi connectivity index (χ4n) is 1.52. The van der Waals surface area contributed by atoms with Gasteiger partial charge in [-0.25, -0.2) is 0 Å². The van der Waals surface area contributed by atoms with E-state index in [0.717, 1.165) is 5.01 Å². The zero-order valence-electron chi connectivity index (χ0n) is 11.9. The Labute approximate surface area is 127 Å². The van der Waals surface area contributed by atoms with Crippen molar-refractivity contribution in [2.24, 2.45) is 0 Å². The number of hydrogen-bond acceptors (Lipinski definition) is 6. The largest absolute Gasteiger partial charge is 0.481 e. The third-order valence-electron chi connectivity index (χ3n) is 2.55. The Morgan fingerprint density at radius 3 is 2.81 bits per heavy atom. The summed E-state index contributed by atoms with van der Waals surface area (Å²) in [5.41, 5.74) is 0. The van der Waals surface area contributed by atoms with Crippen molar-refractivity contribution in [2.75, 3.05) is 11.9 Å². The molecule has 1 heterocycles. The van der Waals surface area contributed by atoms with Crippen molar-refractivity contribution >= 4 is 22.4 Å². The number of para-hydroxylation sites is 1. The summed E-state index contributed by atoms with van der Waals surface area (Å²) in [7, 11) is 0. The zero-order valence-corrected chi connectivity index (χ0v) is 12.7. The van der Waals surface area contributed by atoms with E-state index in [-0.39, 0.29) is 5.91 Å². The van der Waals surface area contributed by atoms with E-state index in [1.54, 1.807) is 19.1 Å². The Morgan fingerprint density at radius 1 is 1.33 bits per heavy atom. The fraction of sp³-hybridized carbons (Fsp3) is 0.357. The smallest absolute Gasteiger partial charge is 0.266 e. The average molecular weight is 307 g/mol. The van der Waals surface area contributed by atoms with E-state index in [1.807, 2.05) is 25.1 Å². The van der Waals surface area contributed by atoms with Crippen molar-refractivity contribution in [3.63, 3.8) is 0 Å². The molecule has 21 heavy (non-hydrogen) atoms.